The Bertz CT molecular complexity index is 1760. The molecule has 6 heteroatoms. The van der Waals surface area contributed by atoms with E-state index in [1.807, 2.05) is 11.9 Å². The molecule has 3 atom stereocenters. The predicted molar refractivity (Wildman–Crippen MR) is 132 cm³/mol. The maximum Gasteiger partial charge on any atom is 0.254 e. The van der Waals surface area contributed by atoms with E-state index >= 15 is 0 Å². The quantitative estimate of drug-likeness (QED) is 0.338. The van der Waals surface area contributed by atoms with Crippen molar-refractivity contribution in [1.29, 1.82) is 0 Å². The standard InChI is InChI=1S/C28H25N3O3/c1-27(33-4)13-20-30-18-11-7-5-9-15(18)22-23-17(14-29(3)26(23)32)21-16-10-6-8-12-19(16)31(25(21)24(22)30)28(27,2)34-20/h5-12,20H,13-14H2,1-4H3/t20-,27-,28+/m1/s1. The minimum Gasteiger partial charge on any atom is -0.373 e. The number of rotatable bonds is 1. The maximum atomic E-state index is 13.6. The van der Waals surface area contributed by atoms with Gasteiger partial charge in [0.2, 0.25) is 0 Å². The van der Waals surface area contributed by atoms with Crippen LogP contribution in [-0.4, -0.2) is 39.7 Å². The van der Waals surface area contributed by atoms with E-state index < -0.39 is 11.3 Å². The van der Waals surface area contributed by atoms with Crippen LogP contribution in [0, 0.1) is 0 Å². The molecule has 34 heavy (non-hydrogen) atoms. The van der Waals surface area contributed by atoms with Crippen LogP contribution in [0.5, 0.6) is 0 Å². The molecule has 3 aliphatic rings. The number of hydrogen-bond donors (Lipinski definition) is 0. The summed E-state index contributed by atoms with van der Waals surface area (Å²) in [7, 11) is 3.69. The van der Waals surface area contributed by atoms with Gasteiger partial charge < -0.3 is 23.5 Å². The number of carbonyl (C=O) groups is 1. The molecule has 1 saturated heterocycles. The van der Waals surface area contributed by atoms with Gasteiger partial charge in [0, 0.05) is 48.7 Å². The molecule has 0 spiro atoms. The van der Waals surface area contributed by atoms with Gasteiger partial charge in [-0.2, -0.15) is 0 Å². The van der Waals surface area contributed by atoms with Crippen molar-refractivity contribution in [2.75, 3.05) is 14.2 Å². The van der Waals surface area contributed by atoms with E-state index in [9.17, 15) is 4.79 Å². The van der Waals surface area contributed by atoms with Crippen molar-refractivity contribution < 1.29 is 14.3 Å². The van der Waals surface area contributed by atoms with Crippen LogP contribution in [0.4, 0.5) is 0 Å². The van der Waals surface area contributed by atoms with Crippen molar-refractivity contribution in [3.8, 4) is 0 Å². The molecule has 2 aromatic heterocycles. The zero-order valence-electron chi connectivity index (χ0n) is 19.7. The third kappa shape index (κ3) is 1.79. The van der Waals surface area contributed by atoms with Crippen LogP contribution in [0.15, 0.2) is 48.5 Å². The summed E-state index contributed by atoms with van der Waals surface area (Å²) in [5.74, 6) is 0.0971. The third-order valence-electron chi connectivity index (χ3n) is 8.90. The smallest absolute Gasteiger partial charge is 0.254 e. The lowest BCUT2D eigenvalue weighted by Gasteiger charge is -2.40. The van der Waals surface area contributed by atoms with E-state index in [2.05, 4.69) is 71.5 Å². The first-order chi connectivity index (χ1) is 16.4. The Morgan fingerprint density at radius 2 is 1.65 bits per heavy atom. The summed E-state index contributed by atoms with van der Waals surface area (Å²) in [5.41, 5.74) is 5.16. The Morgan fingerprint density at radius 1 is 0.971 bits per heavy atom. The van der Waals surface area contributed by atoms with Crippen LogP contribution < -0.4 is 0 Å². The second-order valence-electron chi connectivity index (χ2n) is 10.4. The first-order valence-electron chi connectivity index (χ1n) is 11.9. The highest BCUT2D eigenvalue weighted by atomic mass is 16.6. The molecule has 1 fully saturated rings. The number of nitrogens with zero attached hydrogens (tertiary/aromatic N) is 3. The van der Waals surface area contributed by atoms with Crippen molar-refractivity contribution in [2.24, 2.45) is 0 Å². The number of amides is 1. The molecular formula is C28H25N3O3. The number of hydrogen-bond acceptors (Lipinski definition) is 3. The maximum absolute atomic E-state index is 13.6. The van der Waals surface area contributed by atoms with Gasteiger partial charge in [0.15, 0.2) is 5.72 Å². The van der Waals surface area contributed by atoms with Gasteiger partial charge in [-0.15, -0.1) is 0 Å². The van der Waals surface area contributed by atoms with E-state index in [-0.39, 0.29) is 12.1 Å². The molecule has 5 aromatic rings. The molecule has 0 radical (unpaired) electrons. The molecule has 0 N–H and O–H groups in total. The summed E-state index contributed by atoms with van der Waals surface area (Å²) >= 11 is 0. The van der Waals surface area contributed by atoms with Crippen LogP contribution in [0.25, 0.3) is 43.6 Å². The van der Waals surface area contributed by atoms with Crippen molar-refractivity contribution >= 4 is 49.5 Å². The summed E-state index contributed by atoms with van der Waals surface area (Å²) in [4.78, 5) is 15.4. The zero-order valence-corrected chi connectivity index (χ0v) is 19.7. The average molecular weight is 452 g/mol. The van der Waals surface area contributed by atoms with Crippen molar-refractivity contribution in [3.63, 3.8) is 0 Å². The van der Waals surface area contributed by atoms with E-state index in [0.29, 0.717) is 13.0 Å². The molecule has 1 amide bonds. The SMILES string of the molecule is CO[C@]1(C)C[C@H]2O[C@]1(C)n1c3ccccc3c3c4c(c5c6ccccc6n2c5c31)C(=O)N(C)C4. The first kappa shape index (κ1) is 19.0. The number of aromatic nitrogens is 2. The molecule has 170 valence electrons. The number of benzene rings is 3. The summed E-state index contributed by atoms with van der Waals surface area (Å²) in [5, 5.41) is 4.48. The Balaban J connectivity index is 1.77. The van der Waals surface area contributed by atoms with Crippen LogP contribution in [-0.2, 0) is 21.7 Å². The molecule has 6 nitrogen and oxygen atoms in total. The Kier molecular flexibility index (Phi) is 3.16. The lowest BCUT2D eigenvalue weighted by molar-refractivity contribution is -0.181. The van der Waals surface area contributed by atoms with Gasteiger partial charge in [0.05, 0.1) is 27.6 Å². The highest BCUT2D eigenvalue weighted by Crippen LogP contribution is 2.58. The number of carbonyl (C=O) groups excluding carboxylic acids is 1. The third-order valence-corrected chi connectivity index (χ3v) is 8.90. The monoisotopic (exact) mass is 451 g/mol. The fourth-order valence-corrected chi connectivity index (χ4v) is 7.09. The minimum atomic E-state index is -0.719. The molecule has 3 aromatic carbocycles. The van der Waals surface area contributed by atoms with E-state index in [0.717, 1.165) is 54.7 Å². The van der Waals surface area contributed by atoms with Crippen LogP contribution in [0.2, 0.25) is 0 Å². The largest absolute Gasteiger partial charge is 0.373 e. The van der Waals surface area contributed by atoms with E-state index in [1.165, 1.54) is 0 Å². The number of para-hydroxylation sites is 2. The Labute approximate surface area is 196 Å². The molecule has 3 aliphatic heterocycles. The summed E-state index contributed by atoms with van der Waals surface area (Å²) in [6.45, 7) is 4.93. The van der Waals surface area contributed by atoms with Gasteiger partial charge in [-0.25, -0.2) is 0 Å². The number of fused-ring (bicyclic) bond motifs is 13. The Hall–Kier alpha value is -3.35. The molecule has 0 aliphatic carbocycles. The van der Waals surface area contributed by atoms with Crippen molar-refractivity contribution in [3.05, 3.63) is 59.7 Å². The molecule has 8 rings (SSSR count). The fraction of sp³-hybridized carbons (Fsp3) is 0.321. The first-order valence-corrected chi connectivity index (χ1v) is 11.9. The lowest BCUT2D eigenvalue weighted by atomic mass is 9.90. The van der Waals surface area contributed by atoms with Crippen molar-refractivity contribution in [1.82, 2.24) is 14.0 Å². The zero-order chi connectivity index (χ0) is 23.1. The van der Waals surface area contributed by atoms with Gasteiger partial charge in [-0.05, 0) is 31.5 Å². The highest BCUT2D eigenvalue weighted by molar-refractivity contribution is 6.31. The second kappa shape index (κ2) is 5.65. The molecule has 2 bridgehead atoms. The summed E-state index contributed by atoms with van der Waals surface area (Å²) in [6, 6.07) is 16.9. The van der Waals surface area contributed by atoms with Crippen LogP contribution in [0.3, 0.4) is 0 Å². The summed E-state index contributed by atoms with van der Waals surface area (Å²) in [6.07, 6.45) is 0.512. The predicted octanol–water partition coefficient (Wildman–Crippen LogP) is 5.50. The van der Waals surface area contributed by atoms with Gasteiger partial charge in [-0.1, -0.05) is 36.4 Å². The lowest BCUT2D eigenvalue weighted by Crippen LogP contribution is -2.49. The molecule has 5 heterocycles. The van der Waals surface area contributed by atoms with E-state index in [1.54, 1.807) is 7.11 Å². The highest BCUT2D eigenvalue weighted by Gasteiger charge is 2.59. The van der Waals surface area contributed by atoms with Crippen LogP contribution >= 0.6 is 0 Å². The molecule has 0 saturated carbocycles. The van der Waals surface area contributed by atoms with Gasteiger partial charge in [-0.3, -0.25) is 4.79 Å². The number of ether oxygens (including phenoxy) is 2. The van der Waals surface area contributed by atoms with Crippen molar-refractivity contribution in [2.45, 2.75) is 44.4 Å². The van der Waals surface area contributed by atoms with Crippen LogP contribution in [0.1, 0.15) is 42.4 Å². The van der Waals surface area contributed by atoms with Gasteiger partial charge in [0.1, 0.15) is 11.8 Å². The Morgan fingerprint density at radius 3 is 2.38 bits per heavy atom. The van der Waals surface area contributed by atoms with Gasteiger partial charge >= 0.3 is 0 Å². The van der Waals surface area contributed by atoms with Gasteiger partial charge in [0.25, 0.3) is 5.91 Å². The average Bonchev–Trinajstić information content (AvgIpc) is 3.50. The fourth-order valence-electron chi connectivity index (χ4n) is 7.09. The second-order valence-corrected chi connectivity index (χ2v) is 10.4. The minimum absolute atomic E-state index is 0.0971. The number of methoxy groups -OCH3 is 1. The topological polar surface area (TPSA) is 48.6 Å². The van der Waals surface area contributed by atoms with E-state index in [4.69, 9.17) is 9.47 Å². The summed E-state index contributed by atoms with van der Waals surface area (Å²) < 4.78 is 17.9. The molecule has 0 unspecified atom stereocenters. The molecular weight excluding hydrogens is 426 g/mol. The normalized spacial score (nSPS) is 27.7.